The topological polar surface area (TPSA) is 37.8 Å². The Hall–Kier alpha value is -0.960. The zero-order valence-corrected chi connectivity index (χ0v) is 7.18. The zero-order chi connectivity index (χ0) is 8.27. The van der Waals surface area contributed by atoms with Crippen molar-refractivity contribution in [1.82, 2.24) is 15.3 Å². The Morgan fingerprint density at radius 3 is 2.64 bits per heavy atom. The molecule has 0 bridgehead atoms. The van der Waals surface area contributed by atoms with Crippen molar-refractivity contribution in [2.45, 2.75) is 20.4 Å². The van der Waals surface area contributed by atoms with Crippen LogP contribution in [-0.2, 0) is 6.54 Å². The molecule has 11 heavy (non-hydrogen) atoms. The van der Waals surface area contributed by atoms with Crippen LogP contribution in [0.15, 0.2) is 6.20 Å². The van der Waals surface area contributed by atoms with E-state index >= 15 is 0 Å². The summed E-state index contributed by atoms with van der Waals surface area (Å²) < 4.78 is 0. The lowest BCUT2D eigenvalue weighted by molar-refractivity contribution is 0.775. The monoisotopic (exact) mass is 151 g/mol. The summed E-state index contributed by atoms with van der Waals surface area (Å²) in [4.78, 5) is 8.53. The standard InChI is InChI=1S/C8H13N3/c1-6-7(2)11-8(4-9-3)5-10-6/h5,9H,4H2,1-3H3. The van der Waals surface area contributed by atoms with Crippen LogP contribution >= 0.6 is 0 Å². The van der Waals surface area contributed by atoms with Crippen molar-refractivity contribution < 1.29 is 0 Å². The van der Waals surface area contributed by atoms with E-state index in [1.165, 1.54) is 0 Å². The summed E-state index contributed by atoms with van der Waals surface area (Å²) >= 11 is 0. The summed E-state index contributed by atoms with van der Waals surface area (Å²) in [5.74, 6) is 0. The van der Waals surface area contributed by atoms with Crippen LogP contribution in [0.1, 0.15) is 17.1 Å². The van der Waals surface area contributed by atoms with Gasteiger partial charge in [-0.1, -0.05) is 0 Å². The number of aryl methyl sites for hydroxylation is 2. The summed E-state index contributed by atoms with van der Waals surface area (Å²) in [6.45, 7) is 4.72. The van der Waals surface area contributed by atoms with Gasteiger partial charge in [0.25, 0.3) is 0 Å². The lowest BCUT2D eigenvalue weighted by atomic mass is 10.3. The van der Waals surface area contributed by atoms with Crippen molar-refractivity contribution in [3.8, 4) is 0 Å². The fourth-order valence-corrected chi connectivity index (χ4v) is 0.856. The lowest BCUT2D eigenvalue weighted by Gasteiger charge is -2.01. The third-order valence-corrected chi connectivity index (χ3v) is 1.60. The minimum Gasteiger partial charge on any atom is -0.314 e. The maximum atomic E-state index is 4.34. The van der Waals surface area contributed by atoms with E-state index in [1.807, 2.05) is 20.9 Å². The SMILES string of the molecule is CNCc1cnc(C)c(C)n1. The van der Waals surface area contributed by atoms with Gasteiger partial charge < -0.3 is 5.32 Å². The molecule has 0 spiro atoms. The van der Waals surface area contributed by atoms with Crippen LogP contribution in [0.3, 0.4) is 0 Å². The predicted octanol–water partition coefficient (Wildman–Crippen LogP) is 0.813. The van der Waals surface area contributed by atoms with Crippen molar-refractivity contribution >= 4 is 0 Å². The second kappa shape index (κ2) is 3.44. The molecule has 3 heteroatoms. The van der Waals surface area contributed by atoms with Crippen molar-refractivity contribution in [2.75, 3.05) is 7.05 Å². The first kappa shape index (κ1) is 8.14. The van der Waals surface area contributed by atoms with Crippen LogP contribution in [0.25, 0.3) is 0 Å². The minimum atomic E-state index is 0.786. The van der Waals surface area contributed by atoms with Gasteiger partial charge in [-0.2, -0.15) is 0 Å². The van der Waals surface area contributed by atoms with E-state index in [-0.39, 0.29) is 0 Å². The predicted molar refractivity (Wildman–Crippen MR) is 44.3 cm³/mol. The molecule has 0 atom stereocenters. The van der Waals surface area contributed by atoms with Gasteiger partial charge in [0, 0.05) is 6.54 Å². The molecule has 1 aromatic heterocycles. The molecule has 0 amide bonds. The Labute approximate surface area is 66.9 Å². The number of nitrogens with one attached hydrogen (secondary N) is 1. The fourth-order valence-electron chi connectivity index (χ4n) is 0.856. The molecular formula is C8H13N3. The van der Waals surface area contributed by atoms with Gasteiger partial charge in [0.05, 0.1) is 23.3 Å². The Bertz CT molecular complexity index is 245. The largest absolute Gasteiger partial charge is 0.314 e. The molecule has 0 fully saturated rings. The molecule has 0 aliphatic carbocycles. The average molecular weight is 151 g/mol. The quantitative estimate of drug-likeness (QED) is 0.679. The highest BCUT2D eigenvalue weighted by atomic mass is 14.9. The summed E-state index contributed by atoms with van der Waals surface area (Å²) in [5, 5.41) is 3.03. The van der Waals surface area contributed by atoms with Gasteiger partial charge in [0.15, 0.2) is 0 Å². The molecule has 0 saturated carbocycles. The van der Waals surface area contributed by atoms with Gasteiger partial charge >= 0.3 is 0 Å². The smallest absolute Gasteiger partial charge is 0.0727 e. The van der Waals surface area contributed by atoms with Crippen LogP contribution < -0.4 is 5.32 Å². The highest BCUT2D eigenvalue weighted by Gasteiger charge is 1.96. The third-order valence-electron chi connectivity index (χ3n) is 1.60. The van der Waals surface area contributed by atoms with Crippen molar-refractivity contribution in [3.63, 3.8) is 0 Å². The molecule has 1 aromatic rings. The van der Waals surface area contributed by atoms with Crippen molar-refractivity contribution in [1.29, 1.82) is 0 Å². The number of aromatic nitrogens is 2. The Morgan fingerprint density at radius 2 is 2.09 bits per heavy atom. The minimum absolute atomic E-state index is 0.786. The fraction of sp³-hybridized carbons (Fsp3) is 0.500. The molecule has 0 saturated heterocycles. The number of nitrogens with zero attached hydrogens (tertiary/aromatic N) is 2. The molecule has 0 aliphatic heterocycles. The second-order valence-corrected chi connectivity index (χ2v) is 2.56. The molecule has 1 heterocycles. The molecule has 60 valence electrons. The van der Waals surface area contributed by atoms with Crippen LogP contribution in [0, 0.1) is 13.8 Å². The van der Waals surface area contributed by atoms with Crippen LogP contribution in [0.5, 0.6) is 0 Å². The van der Waals surface area contributed by atoms with E-state index in [1.54, 1.807) is 6.20 Å². The van der Waals surface area contributed by atoms with Gasteiger partial charge in [-0.3, -0.25) is 9.97 Å². The van der Waals surface area contributed by atoms with E-state index in [2.05, 4.69) is 15.3 Å². The summed E-state index contributed by atoms with van der Waals surface area (Å²) in [7, 11) is 1.90. The molecule has 0 aromatic carbocycles. The summed E-state index contributed by atoms with van der Waals surface area (Å²) in [6.07, 6.45) is 1.80. The molecule has 3 nitrogen and oxygen atoms in total. The molecule has 0 radical (unpaired) electrons. The highest BCUT2D eigenvalue weighted by Crippen LogP contribution is 1.99. The van der Waals surface area contributed by atoms with Crippen molar-refractivity contribution in [3.05, 3.63) is 23.3 Å². The third kappa shape index (κ3) is 1.98. The average Bonchev–Trinajstić information content (AvgIpc) is 1.98. The van der Waals surface area contributed by atoms with Crippen molar-refractivity contribution in [2.24, 2.45) is 0 Å². The van der Waals surface area contributed by atoms with Gasteiger partial charge in [-0.15, -0.1) is 0 Å². The van der Waals surface area contributed by atoms with Gasteiger partial charge in [0.2, 0.25) is 0 Å². The van der Waals surface area contributed by atoms with Crippen LogP contribution in [-0.4, -0.2) is 17.0 Å². The summed E-state index contributed by atoms with van der Waals surface area (Å²) in [6, 6.07) is 0. The maximum Gasteiger partial charge on any atom is 0.0727 e. The van der Waals surface area contributed by atoms with E-state index in [0.717, 1.165) is 23.6 Å². The van der Waals surface area contributed by atoms with Crippen LogP contribution in [0.2, 0.25) is 0 Å². The van der Waals surface area contributed by atoms with E-state index in [4.69, 9.17) is 0 Å². The Balaban J connectivity index is 2.86. The molecule has 0 unspecified atom stereocenters. The van der Waals surface area contributed by atoms with Gasteiger partial charge in [-0.25, -0.2) is 0 Å². The van der Waals surface area contributed by atoms with Gasteiger partial charge in [-0.05, 0) is 20.9 Å². The number of hydrogen-bond acceptors (Lipinski definition) is 3. The first-order chi connectivity index (χ1) is 5.24. The zero-order valence-electron chi connectivity index (χ0n) is 7.18. The normalized spacial score (nSPS) is 10.1. The van der Waals surface area contributed by atoms with E-state index < -0.39 is 0 Å². The molecular weight excluding hydrogens is 138 g/mol. The second-order valence-electron chi connectivity index (χ2n) is 2.56. The Morgan fingerprint density at radius 1 is 1.36 bits per heavy atom. The van der Waals surface area contributed by atoms with Gasteiger partial charge in [0.1, 0.15) is 0 Å². The molecule has 0 aliphatic rings. The van der Waals surface area contributed by atoms with E-state index in [9.17, 15) is 0 Å². The number of hydrogen-bond donors (Lipinski definition) is 1. The highest BCUT2D eigenvalue weighted by molar-refractivity contribution is 5.10. The number of rotatable bonds is 2. The maximum absolute atomic E-state index is 4.34. The lowest BCUT2D eigenvalue weighted by Crippen LogP contribution is -2.08. The summed E-state index contributed by atoms with van der Waals surface area (Å²) in [5.41, 5.74) is 3.01. The molecule has 1 rings (SSSR count). The Kier molecular flexibility index (Phi) is 2.54. The van der Waals surface area contributed by atoms with Crippen LogP contribution in [0.4, 0.5) is 0 Å². The molecule has 1 N–H and O–H groups in total. The first-order valence-electron chi connectivity index (χ1n) is 3.67. The van der Waals surface area contributed by atoms with E-state index in [0.29, 0.717) is 0 Å². The first-order valence-corrected chi connectivity index (χ1v) is 3.67.